The summed E-state index contributed by atoms with van der Waals surface area (Å²) < 4.78 is 15.8. The van der Waals surface area contributed by atoms with Gasteiger partial charge in [-0.3, -0.25) is 0 Å². The molecular weight excluding hydrogens is 275 g/mol. The van der Waals surface area contributed by atoms with Crippen LogP contribution < -0.4 is 0 Å². The Bertz CT molecular complexity index is 575. The van der Waals surface area contributed by atoms with Gasteiger partial charge in [0.15, 0.2) is 0 Å². The number of imidazole rings is 1. The maximum Gasteiger partial charge on any atom is 0.125 e. The van der Waals surface area contributed by atoms with E-state index in [1.54, 1.807) is 12.1 Å². The van der Waals surface area contributed by atoms with E-state index in [0.717, 1.165) is 29.7 Å². The van der Waals surface area contributed by atoms with Gasteiger partial charge in [-0.1, -0.05) is 26.7 Å². The normalized spacial score (nSPS) is 13.3. The van der Waals surface area contributed by atoms with Gasteiger partial charge < -0.3 is 4.57 Å². The van der Waals surface area contributed by atoms with Gasteiger partial charge in [0.25, 0.3) is 0 Å². The van der Waals surface area contributed by atoms with Gasteiger partial charge >= 0.3 is 0 Å². The number of hydrogen-bond acceptors (Lipinski definition) is 1. The van der Waals surface area contributed by atoms with Gasteiger partial charge in [0.2, 0.25) is 0 Å². The van der Waals surface area contributed by atoms with Crippen LogP contribution in [-0.4, -0.2) is 15.4 Å². The van der Waals surface area contributed by atoms with E-state index in [2.05, 4.69) is 30.3 Å². The predicted molar refractivity (Wildman–Crippen MR) is 82.9 cm³/mol. The first kappa shape index (κ1) is 15.3. The zero-order valence-electron chi connectivity index (χ0n) is 12.4. The Morgan fingerprint density at radius 3 is 2.60 bits per heavy atom. The van der Waals surface area contributed by atoms with Crippen LogP contribution in [0, 0.1) is 11.7 Å². The fraction of sp³-hybridized carbons (Fsp3) is 0.562. The highest BCUT2D eigenvalue weighted by molar-refractivity contribution is 6.17. The van der Waals surface area contributed by atoms with E-state index in [0.29, 0.717) is 24.3 Å². The number of benzene rings is 1. The topological polar surface area (TPSA) is 17.8 Å². The Morgan fingerprint density at radius 1 is 1.30 bits per heavy atom. The van der Waals surface area contributed by atoms with E-state index < -0.39 is 0 Å². The fourth-order valence-corrected chi connectivity index (χ4v) is 3.18. The van der Waals surface area contributed by atoms with Gasteiger partial charge in [-0.05, 0) is 31.0 Å². The van der Waals surface area contributed by atoms with Gasteiger partial charge in [0.1, 0.15) is 11.6 Å². The third-order valence-electron chi connectivity index (χ3n) is 4.18. The lowest BCUT2D eigenvalue weighted by Crippen LogP contribution is -2.18. The molecule has 2 aromatic rings. The van der Waals surface area contributed by atoms with Crippen molar-refractivity contribution >= 4 is 22.6 Å². The summed E-state index contributed by atoms with van der Waals surface area (Å²) in [5.74, 6) is 1.83. The third-order valence-corrected chi connectivity index (χ3v) is 4.37. The van der Waals surface area contributed by atoms with Crippen molar-refractivity contribution in [3.63, 3.8) is 0 Å². The van der Waals surface area contributed by atoms with E-state index in [1.807, 2.05) is 0 Å². The van der Waals surface area contributed by atoms with Crippen LogP contribution in [0.25, 0.3) is 11.0 Å². The molecule has 2 rings (SSSR count). The predicted octanol–water partition coefficient (Wildman–Crippen LogP) is 4.95. The smallest absolute Gasteiger partial charge is 0.125 e. The number of aromatic nitrogens is 2. The van der Waals surface area contributed by atoms with Crippen molar-refractivity contribution in [3.8, 4) is 0 Å². The molecule has 1 aromatic heterocycles. The minimum absolute atomic E-state index is 0.215. The van der Waals surface area contributed by atoms with Crippen molar-refractivity contribution in [2.75, 3.05) is 5.88 Å². The highest BCUT2D eigenvalue weighted by Gasteiger charge is 2.21. The summed E-state index contributed by atoms with van der Waals surface area (Å²) in [6.07, 6.45) is 2.92. The second-order valence-electron chi connectivity index (χ2n) is 5.29. The van der Waals surface area contributed by atoms with Crippen LogP contribution in [0.15, 0.2) is 18.2 Å². The Balaban J connectivity index is 2.57. The van der Waals surface area contributed by atoms with Crippen LogP contribution in [0.5, 0.6) is 0 Å². The molecule has 0 bridgehead atoms. The summed E-state index contributed by atoms with van der Waals surface area (Å²) in [6, 6.07) is 5.10. The maximum absolute atomic E-state index is 13.6. The molecule has 1 atom stereocenters. The average molecular weight is 297 g/mol. The number of fused-ring (bicyclic) bond motifs is 1. The molecule has 0 aliphatic rings. The summed E-state index contributed by atoms with van der Waals surface area (Å²) in [6.45, 7) is 6.60. The molecule has 0 saturated heterocycles. The first-order chi connectivity index (χ1) is 9.62. The molecule has 1 unspecified atom stereocenters. The zero-order valence-corrected chi connectivity index (χ0v) is 13.1. The van der Waals surface area contributed by atoms with E-state index in [1.165, 1.54) is 6.07 Å². The molecule has 20 heavy (non-hydrogen) atoms. The van der Waals surface area contributed by atoms with Gasteiger partial charge in [-0.15, -0.1) is 11.6 Å². The van der Waals surface area contributed by atoms with Crippen LogP contribution >= 0.6 is 11.6 Å². The molecule has 0 radical (unpaired) electrons. The molecule has 2 nitrogen and oxygen atoms in total. The van der Waals surface area contributed by atoms with Crippen molar-refractivity contribution in [2.24, 2.45) is 5.92 Å². The maximum atomic E-state index is 13.6. The number of hydrogen-bond donors (Lipinski definition) is 0. The van der Waals surface area contributed by atoms with Gasteiger partial charge in [0, 0.05) is 18.3 Å². The molecule has 0 amide bonds. The number of halogens is 2. The molecule has 0 aliphatic carbocycles. The first-order valence-electron chi connectivity index (χ1n) is 7.34. The molecule has 0 saturated carbocycles. The van der Waals surface area contributed by atoms with Crippen molar-refractivity contribution in [3.05, 3.63) is 29.8 Å². The van der Waals surface area contributed by atoms with E-state index in [9.17, 15) is 4.39 Å². The van der Waals surface area contributed by atoms with E-state index in [4.69, 9.17) is 11.6 Å². The molecular formula is C16H22ClFN2. The molecule has 0 aliphatic heterocycles. The van der Waals surface area contributed by atoms with Crippen molar-refractivity contribution in [2.45, 2.75) is 46.1 Å². The van der Waals surface area contributed by atoms with Crippen LogP contribution in [0.4, 0.5) is 4.39 Å². The largest absolute Gasteiger partial charge is 0.325 e. The molecule has 1 aromatic carbocycles. The molecule has 0 N–H and O–H groups in total. The van der Waals surface area contributed by atoms with Crippen LogP contribution in [0.2, 0.25) is 0 Å². The highest BCUT2D eigenvalue weighted by atomic mass is 35.5. The summed E-state index contributed by atoms with van der Waals surface area (Å²) >= 11 is 5.89. The van der Waals surface area contributed by atoms with Crippen LogP contribution in [0.3, 0.4) is 0 Å². The van der Waals surface area contributed by atoms with E-state index >= 15 is 0 Å². The summed E-state index contributed by atoms with van der Waals surface area (Å²) in [7, 11) is 0. The highest BCUT2D eigenvalue weighted by Crippen LogP contribution is 2.30. The monoisotopic (exact) mass is 296 g/mol. The van der Waals surface area contributed by atoms with Gasteiger partial charge in [0.05, 0.1) is 11.0 Å². The number of rotatable bonds is 6. The SMILES string of the molecule is CCC(CC)C(C)n1c(CCCl)nc2ccc(F)cc21. The van der Waals surface area contributed by atoms with Crippen molar-refractivity contribution in [1.29, 1.82) is 0 Å². The molecule has 0 spiro atoms. The fourth-order valence-electron chi connectivity index (χ4n) is 3.01. The first-order valence-corrected chi connectivity index (χ1v) is 7.88. The molecule has 4 heteroatoms. The van der Waals surface area contributed by atoms with Gasteiger partial charge in [-0.25, -0.2) is 9.37 Å². The zero-order chi connectivity index (χ0) is 14.7. The lowest BCUT2D eigenvalue weighted by atomic mass is 9.95. The Kier molecular flexibility index (Phi) is 5.03. The van der Waals surface area contributed by atoms with Crippen molar-refractivity contribution in [1.82, 2.24) is 9.55 Å². The standard InChI is InChI=1S/C16H22ClFN2/c1-4-12(5-2)11(3)20-15-10-13(18)6-7-14(15)19-16(20)8-9-17/h6-7,10-12H,4-5,8-9H2,1-3H3. The number of alkyl halides is 1. The Hall–Kier alpha value is -1.09. The minimum atomic E-state index is -0.215. The third kappa shape index (κ3) is 2.83. The van der Waals surface area contributed by atoms with Gasteiger partial charge in [-0.2, -0.15) is 0 Å². The van der Waals surface area contributed by atoms with Crippen LogP contribution in [-0.2, 0) is 6.42 Å². The van der Waals surface area contributed by atoms with E-state index in [-0.39, 0.29) is 5.82 Å². The second-order valence-corrected chi connectivity index (χ2v) is 5.67. The molecule has 0 fully saturated rings. The summed E-state index contributed by atoms with van der Waals surface area (Å²) in [5.41, 5.74) is 1.73. The Labute approximate surface area is 125 Å². The second kappa shape index (κ2) is 6.57. The summed E-state index contributed by atoms with van der Waals surface area (Å²) in [5, 5.41) is 0. The van der Waals surface area contributed by atoms with Crippen LogP contribution in [0.1, 0.15) is 45.5 Å². The van der Waals surface area contributed by atoms with Crippen molar-refractivity contribution < 1.29 is 4.39 Å². The lowest BCUT2D eigenvalue weighted by Gasteiger charge is -2.25. The molecule has 1 heterocycles. The molecule has 110 valence electrons. The minimum Gasteiger partial charge on any atom is -0.325 e. The number of aryl methyl sites for hydroxylation is 1. The lowest BCUT2D eigenvalue weighted by molar-refractivity contribution is 0.333. The quantitative estimate of drug-likeness (QED) is 0.689. The Morgan fingerprint density at radius 2 is 2.00 bits per heavy atom. The summed E-state index contributed by atoms with van der Waals surface area (Å²) in [4.78, 5) is 4.63. The number of nitrogens with zero attached hydrogens (tertiary/aromatic N) is 2. The average Bonchev–Trinajstić information content (AvgIpc) is 2.77.